The highest BCUT2D eigenvalue weighted by Gasteiger charge is 2.27. The van der Waals surface area contributed by atoms with Crippen molar-refractivity contribution >= 4 is 5.97 Å². The molecule has 1 rings (SSSR count). The Morgan fingerprint density at radius 3 is 2.53 bits per heavy atom. The minimum atomic E-state index is -1.73. The highest BCUT2D eigenvalue weighted by atomic mass is 19.1. The van der Waals surface area contributed by atoms with Gasteiger partial charge in [-0.1, -0.05) is 6.07 Å². The van der Waals surface area contributed by atoms with Gasteiger partial charge in [0.25, 0.3) is 0 Å². The number of methoxy groups -OCH3 is 2. The minimum absolute atomic E-state index is 0.0846. The van der Waals surface area contributed by atoms with Gasteiger partial charge >= 0.3 is 5.97 Å². The largest absolute Gasteiger partial charge is 0.494 e. The fourth-order valence-electron chi connectivity index (χ4n) is 1.29. The molecule has 0 aliphatic heterocycles. The average Bonchev–Trinajstić information content (AvgIpc) is 2.36. The quantitative estimate of drug-likeness (QED) is 0.750. The number of ether oxygens (including phenoxy) is 2. The average molecular weight is 244 g/mol. The SMILES string of the molecule is COC(=O)C(O)C(O)c1ccc(F)c(OC)c1. The molecule has 0 aromatic heterocycles. The smallest absolute Gasteiger partial charge is 0.337 e. The van der Waals surface area contributed by atoms with Crippen molar-refractivity contribution < 1.29 is 28.9 Å². The van der Waals surface area contributed by atoms with E-state index in [2.05, 4.69) is 4.74 Å². The third-order valence-electron chi connectivity index (χ3n) is 2.26. The first-order valence-corrected chi connectivity index (χ1v) is 4.78. The van der Waals surface area contributed by atoms with Crippen LogP contribution in [0.5, 0.6) is 5.75 Å². The van der Waals surface area contributed by atoms with Crippen LogP contribution in [-0.4, -0.2) is 36.5 Å². The molecule has 0 saturated heterocycles. The summed E-state index contributed by atoms with van der Waals surface area (Å²) in [5, 5.41) is 19.1. The number of halogens is 1. The maximum atomic E-state index is 13.1. The Morgan fingerprint density at radius 1 is 1.35 bits per heavy atom. The van der Waals surface area contributed by atoms with E-state index in [-0.39, 0.29) is 11.3 Å². The number of carbonyl (C=O) groups excluding carboxylic acids is 1. The molecule has 0 bridgehead atoms. The fraction of sp³-hybridized carbons (Fsp3) is 0.364. The normalized spacial score (nSPS) is 13.9. The summed E-state index contributed by atoms with van der Waals surface area (Å²) in [6, 6.07) is 3.52. The monoisotopic (exact) mass is 244 g/mol. The molecule has 0 heterocycles. The van der Waals surface area contributed by atoms with Crippen LogP contribution in [-0.2, 0) is 9.53 Å². The van der Waals surface area contributed by atoms with Crippen molar-refractivity contribution in [2.45, 2.75) is 12.2 Å². The molecule has 0 amide bonds. The topological polar surface area (TPSA) is 76.0 Å². The Hall–Kier alpha value is -1.66. The van der Waals surface area contributed by atoms with E-state index >= 15 is 0 Å². The molecule has 0 aliphatic carbocycles. The number of rotatable bonds is 4. The summed E-state index contributed by atoms with van der Waals surface area (Å²) in [6.07, 6.45) is -3.23. The first-order valence-electron chi connectivity index (χ1n) is 4.78. The number of esters is 1. The molecule has 1 aromatic carbocycles. The van der Waals surface area contributed by atoms with Gasteiger partial charge in [0.05, 0.1) is 14.2 Å². The van der Waals surface area contributed by atoms with Crippen LogP contribution >= 0.6 is 0 Å². The lowest BCUT2D eigenvalue weighted by molar-refractivity contribution is -0.156. The van der Waals surface area contributed by atoms with E-state index in [1.54, 1.807) is 0 Å². The molecule has 2 atom stereocenters. The van der Waals surface area contributed by atoms with Crippen LogP contribution in [0.3, 0.4) is 0 Å². The van der Waals surface area contributed by atoms with Gasteiger partial charge in [0.2, 0.25) is 0 Å². The number of aliphatic hydroxyl groups is 2. The second-order valence-electron chi connectivity index (χ2n) is 3.31. The third kappa shape index (κ3) is 2.92. The zero-order chi connectivity index (χ0) is 13.0. The van der Waals surface area contributed by atoms with E-state index in [9.17, 15) is 19.4 Å². The summed E-state index contributed by atoms with van der Waals surface area (Å²) in [7, 11) is 2.36. The number of benzene rings is 1. The van der Waals surface area contributed by atoms with Crippen LogP contribution in [0.15, 0.2) is 18.2 Å². The van der Waals surface area contributed by atoms with Crippen LogP contribution in [0.25, 0.3) is 0 Å². The molecule has 17 heavy (non-hydrogen) atoms. The van der Waals surface area contributed by atoms with Gasteiger partial charge < -0.3 is 19.7 Å². The molecule has 0 spiro atoms. The van der Waals surface area contributed by atoms with E-state index in [4.69, 9.17) is 4.74 Å². The van der Waals surface area contributed by atoms with Gasteiger partial charge in [0.15, 0.2) is 17.7 Å². The maximum Gasteiger partial charge on any atom is 0.337 e. The lowest BCUT2D eigenvalue weighted by atomic mass is 10.0. The van der Waals surface area contributed by atoms with Gasteiger partial charge in [0, 0.05) is 0 Å². The van der Waals surface area contributed by atoms with Crippen molar-refractivity contribution in [1.29, 1.82) is 0 Å². The summed E-state index contributed by atoms with van der Waals surface area (Å²) in [5.74, 6) is -1.66. The predicted octanol–water partition coefficient (Wildman–Crippen LogP) is 0.402. The molecular formula is C11H13FO5. The summed E-state index contributed by atoms with van der Waals surface area (Å²) in [5.41, 5.74) is 0.154. The van der Waals surface area contributed by atoms with Gasteiger partial charge in [-0.2, -0.15) is 0 Å². The lowest BCUT2D eigenvalue weighted by Gasteiger charge is -2.16. The molecule has 0 fully saturated rings. The van der Waals surface area contributed by atoms with Crippen molar-refractivity contribution in [3.63, 3.8) is 0 Å². The van der Waals surface area contributed by atoms with Crippen LogP contribution in [0, 0.1) is 5.82 Å². The van der Waals surface area contributed by atoms with Crippen molar-refractivity contribution in [3.8, 4) is 5.75 Å². The molecular weight excluding hydrogens is 231 g/mol. The molecule has 2 N–H and O–H groups in total. The van der Waals surface area contributed by atoms with Gasteiger partial charge in [0.1, 0.15) is 6.10 Å². The Balaban J connectivity index is 2.96. The van der Waals surface area contributed by atoms with Gasteiger partial charge in [-0.3, -0.25) is 0 Å². The van der Waals surface area contributed by atoms with Gasteiger partial charge in [-0.15, -0.1) is 0 Å². The highest BCUT2D eigenvalue weighted by Crippen LogP contribution is 2.24. The number of hydrogen-bond acceptors (Lipinski definition) is 5. The Bertz CT molecular complexity index is 407. The van der Waals surface area contributed by atoms with Gasteiger partial charge in [-0.25, -0.2) is 9.18 Å². The predicted molar refractivity (Wildman–Crippen MR) is 55.9 cm³/mol. The van der Waals surface area contributed by atoms with Crippen LogP contribution < -0.4 is 4.74 Å². The molecule has 0 saturated carbocycles. The Morgan fingerprint density at radius 2 is 2.00 bits per heavy atom. The van der Waals surface area contributed by atoms with E-state index in [0.29, 0.717) is 0 Å². The molecule has 2 unspecified atom stereocenters. The third-order valence-corrected chi connectivity index (χ3v) is 2.26. The molecule has 0 aliphatic rings. The summed E-state index contributed by atoms with van der Waals surface area (Å²) in [4.78, 5) is 11.0. The molecule has 6 heteroatoms. The van der Waals surface area contributed by atoms with E-state index in [1.165, 1.54) is 19.2 Å². The van der Waals surface area contributed by atoms with Crippen LogP contribution in [0.4, 0.5) is 4.39 Å². The van der Waals surface area contributed by atoms with E-state index in [1.807, 2.05) is 0 Å². The number of carbonyl (C=O) groups is 1. The zero-order valence-corrected chi connectivity index (χ0v) is 9.38. The second-order valence-corrected chi connectivity index (χ2v) is 3.31. The van der Waals surface area contributed by atoms with Crippen molar-refractivity contribution in [2.75, 3.05) is 14.2 Å². The van der Waals surface area contributed by atoms with Gasteiger partial charge in [-0.05, 0) is 17.7 Å². The zero-order valence-electron chi connectivity index (χ0n) is 9.38. The summed E-state index contributed by atoms with van der Waals surface area (Å²) >= 11 is 0. The van der Waals surface area contributed by atoms with E-state index < -0.39 is 24.0 Å². The summed E-state index contributed by atoms with van der Waals surface area (Å²) in [6.45, 7) is 0. The minimum Gasteiger partial charge on any atom is -0.494 e. The first-order chi connectivity index (χ1) is 8.01. The van der Waals surface area contributed by atoms with Crippen LogP contribution in [0.2, 0.25) is 0 Å². The molecule has 5 nitrogen and oxygen atoms in total. The molecule has 1 aromatic rings. The Kier molecular flexibility index (Phi) is 4.42. The number of aliphatic hydroxyl groups excluding tert-OH is 2. The van der Waals surface area contributed by atoms with Crippen molar-refractivity contribution in [2.24, 2.45) is 0 Å². The van der Waals surface area contributed by atoms with Crippen molar-refractivity contribution in [3.05, 3.63) is 29.6 Å². The number of hydrogen-bond donors (Lipinski definition) is 2. The Labute approximate surface area is 97.4 Å². The fourth-order valence-corrected chi connectivity index (χ4v) is 1.29. The van der Waals surface area contributed by atoms with Crippen molar-refractivity contribution in [1.82, 2.24) is 0 Å². The molecule has 94 valence electrons. The van der Waals surface area contributed by atoms with E-state index in [0.717, 1.165) is 13.2 Å². The maximum absolute atomic E-state index is 13.1. The molecule has 0 radical (unpaired) electrons. The highest BCUT2D eigenvalue weighted by molar-refractivity contribution is 5.75. The summed E-state index contributed by atoms with van der Waals surface area (Å²) < 4.78 is 22.1. The first kappa shape index (κ1) is 13.4. The lowest BCUT2D eigenvalue weighted by Crippen LogP contribution is -2.29. The second kappa shape index (κ2) is 5.60. The standard InChI is InChI=1S/C11H13FO5/c1-16-8-5-6(3-4-7(8)12)9(13)10(14)11(15)17-2/h3-5,9-10,13-14H,1-2H3. The van der Waals surface area contributed by atoms with Crippen LogP contribution in [0.1, 0.15) is 11.7 Å².